The van der Waals surface area contributed by atoms with E-state index in [1.54, 1.807) is 24.3 Å². The van der Waals surface area contributed by atoms with Gasteiger partial charge in [0.05, 0.1) is 6.07 Å². The number of carbonyl (C=O) groups is 2. The Morgan fingerprint density at radius 2 is 1.78 bits per heavy atom. The Morgan fingerprint density at radius 1 is 1.09 bits per heavy atom. The van der Waals surface area contributed by atoms with Crippen LogP contribution in [0.1, 0.15) is 27.9 Å². The van der Waals surface area contributed by atoms with Gasteiger partial charge in [-0.05, 0) is 30.2 Å². The van der Waals surface area contributed by atoms with E-state index in [1.807, 2.05) is 37.3 Å². The van der Waals surface area contributed by atoms with E-state index >= 15 is 0 Å². The van der Waals surface area contributed by atoms with Crippen LogP contribution < -0.4 is 10.6 Å². The van der Waals surface area contributed by atoms with Crippen LogP contribution in [-0.2, 0) is 11.3 Å². The van der Waals surface area contributed by atoms with Gasteiger partial charge in [-0.15, -0.1) is 0 Å². The molecule has 0 heterocycles. The molecule has 0 unspecified atom stereocenters. The van der Waals surface area contributed by atoms with Gasteiger partial charge in [-0.25, -0.2) is 0 Å². The molecule has 0 bridgehead atoms. The molecule has 0 radical (unpaired) electrons. The maximum atomic E-state index is 12.2. The summed E-state index contributed by atoms with van der Waals surface area (Å²) in [5.41, 5.74) is 2.90. The van der Waals surface area contributed by atoms with Crippen molar-refractivity contribution in [1.82, 2.24) is 5.32 Å². The molecule has 0 atom stereocenters. The van der Waals surface area contributed by atoms with Crippen molar-refractivity contribution in [2.24, 2.45) is 0 Å². The van der Waals surface area contributed by atoms with Crippen LogP contribution >= 0.6 is 0 Å². The number of benzene rings is 2. The number of nitrogens with zero attached hydrogens (tertiary/aromatic N) is 1. The normalized spacial score (nSPS) is 9.74. The molecule has 0 aliphatic heterocycles. The fraction of sp³-hybridized carbons (Fsp3) is 0.167. The average molecular weight is 307 g/mol. The van der Waals surface area contributed by atoms with Crippen molar-refractivity contribution in [3.8, 4) is 6.07 Å². The van der Waals surface area contributed by atoms with Crippen molar-refractivity contribution in [1.29, 1.82) is 5.26 Å². The lowest BCUT2D eigenvalue weighted by atomic mass is 10.1. The van der Waals surface area contributed by atoms with Crippen molar-refractivity contribution in [3.63, 3.8) is 0 Å². The standard InChI is InChI=1S/C18H17N3O2/c1-13-6-2-4-8-15(13)18(23)20-12-14-7-3-5-9-16(14)21-17(22)10-11-19/h2-9H,10,12H2,1H3,(H,20,23)(H,21,22). The lowest BCUT2D eigenvalue weighted by Crippen LogP contribution is -2.24. The molecule has 116 valence electrons. The zero-order valence-corrected chi connectivity index (χ0v) is 12.8. The van der Waals surface area contributed by atoms with Gasteiger partial charge in [0.25, 0.3) is 5.91 Å². The number of amides is 2. The van der Waals surface area contributed by atoms with E-state index in [9.17, 15) is 9.59 Å². The highest BCUT2D eigenvalue weighted by Gasteiger charge is 2.10. The highest BCUT2D eigenvalue weighted by molar-refractivity contribution is 5.96. The fourth-order valence-corrected chi connectivity index (χ4v) is 2.16. The Labute approximate surface area is 134 Å². The smallest absolute Gasteiger partial charge is 0.251 e. The van der Waals surface area contributed by atoms with Gasteiger partial charge in [0, 0.05) is 17.8 Å². The first-order valence-corrected chi connectivity index (χ1v) is 7.20. The molecule has 2 aromatic rings. The minimum atomic E-state index is -0.370. The first kappa shape index (κ1) is 16.2. The zero-order valence-electron chi connectivity index (χ0n) is 12.8. The summed E-state index contributed by atoms with van der Waals surface area (Å²) in [6.45, 7) is 2.17. The monoisotopic (exact) mass is 307 g/mol. The molecule has 5 heteroatoms. The topological polar surface area (TPSA) is 82.0 Å². The van der Waals surface area contributed by atoms with Crippen LogP contribution in [0.2, 0.25) is 0 Å². The Bertz CT molecular complexity index is 763. The third-order valence-corrected chi connectivity index (χ3v) is 3.36. The second-order valence-electron chi connectivity index (χ2n) is 5.04. The molecule has 0 spiro atoms. The van der Waals surface area contributed by atoms with Gasteiger partial charge in [0.15, 0.2) is 0 Å². The molecule has 0 saturated heterocycles. The summed E-state index contributed by atoms with van der Waals surface area (Å²) in [5, 5.41) is 14.1. The van der Waals surface area contributed by atoms with Gasteiger partial charge in [-0.3, -0.25) is 9.59 Å². The highest BCUT2D eigenvalue weighted by Crippen LogP contribution is 2.15. The SMILES string of the molecule is Cc1ccccc1C(=O)NCc1ccccc1NC(=O)CC#N. The van der Waals surface area contributed by atoms with Crippen LogP contribution in [0.4, 0.5) is 5.69 Å². The van der Waals surface area contributed by atoms with Gasteiger partial charge in [-0.2, -0.15) is 5.26 Å². The van der Waals surface area contributed by atoms with Crippen molar-refractivity contribution < 1.29 is 9.59 Å². The summed E-state index contributed by atoms with van der Waals surface area (Å²) in [5.74, 6) is -0.536. The van der Waals surface area contributed by atoms with Crippen LogP contribution in [0, 0.1) is 18.3 Å². The maximum absolute atomic E-state index is 12.2. The molecule has 2 aromatic carbocycles. The minimum Gasteiger partial charge on any atom is -0.348 e. The second kappa shape index (κ2) is 7.76. The number of anilines is 1. The Hall–Kier alpha value is -3.13. The summed E-state index contributed by atoms with van der Waals surface area (Å²) in [6.07, 6.45) is -0.204. The highest BCUT2D eigenvalue weighted by atomic mass is 16.2. The third kappa shape index (κ3) is 4.42. The summed E-state index contributed by atoms with van der Waals surface area (Å²) >= 11 is 0. The van der Waals surface area contributed by atoms with Gasteiger partial charge in [0.1, 0.15) is 6.42 Å². The second-order valence-corrected chi connectivity index (χ2v) is 5.04. The Morgan fingerprint density at radius 3 is 2.52 bits per heavy atom. The van der Waals surface area contributed by atoms with E-state index in [0.29, 0.717) is 11.3 Å². The van der Waals surface area contributed by atoms with E-state index in [-0.39, 0.29) is 24.8 Å². The lowest BCUT2D eigenvalue weighted by molar-refractivity contribution is -0.115. The van der Waals surface area contributed by atoms with Crippen LogP contribution in [-0.4, -0.2) is 11.8 Å². The quantitative estimate of drug-likeness (QED) is 0.891. The molecule has 5 nitrogen and oxygen atoms in total. The number of hydrogen-bond donors (Lipinski definition) is 2. The number of rotatable bonds is 5. The molecular weight excluding hydrogens is 290 g/mol. The summed E-state index contributed by atoms with van der Waals surface area (Å²) in [6, 6.07) is 16.3. The molecule has 2 N–H and O–H groups in total. The predicted molar refractivity (Wildman–Crippen MR) is 87.7 cm³/mol. The summed E-state index contributed by atoms with van der Waals surface area (Å²) < 4.78 is 0. The largest absolute Gasteiger partial charge is 0.348 e. The number of aryl methyl sites for hydroxylation is 1. The van der Waals surface area contributed by atoms with E-state index < -0.39 is 0 Å². The third-order valence-electron chi connectivity index (χ3n) is 3.36. The molecular formula is C18H17N3O2. The summed E-state index contributed by atoms with van der Waals surface area (Å²) in [4.78, 5) is 23.8. The van der Waals surface area contributed by atoms with Crippen LogP contribution in [0.25, 0.3) is 0 Å². The first-order chi connectivity index (χ1) is 11.1. The zero-order chi connectivity index (χ0) is 16.7. The van der Waals surface area contributed by atoms with Crippen molar-refractivity contribution in [3.05, 3.63) is 65.2 Å². The fourth-order valence-electron chi connectivity index (χ4n) is 2.16. The molecule has 2 rings (SSSR count). The predicted octanol–water partition coefficient (Wildman–Crippen LogP) is 2.78. The maximum Gasteiger partial charge on any atom is 0.251 e. The van der Waals surface area contributed by atoms with Gasteiger partial charge < -0.3 is 10.6 Å². The number of carbonyl (C=O) groups excluding carboxylic acids is 2. The molecule has 0 aliphatic carbocycles. The lowest BCUT2D eigenvalue weighted by Gasteiger charge is -2.12. The van der Waals surface area contributed by atoms with Crippen LogP contribution in [0.3, 0.4) is 0 Å². The van der Waals surface area contributed by atoms with Crippen molar-refractivity contribution in [2.75, 3.05) is 5.32 Å². The Balaban J connectivity index is 2.06. The number of para-hydroxylation sites is 1. The number of nitriles is 1. The van der Waals surface area contributed by atoms with Crippen molar-refractivity contribution in [2.45, 2.75) is 19.9 Å². The van der Waals surface area contributed by atoms with Gasteiger partial charge in [-0.1, -0.05) is 36.4 Å². The minimum absolute atomic E-state index is 0.166. The molecule has 0 aliphatic rings. The van der Waals surface area contributed by atoms with Crippen LogP contribution in [0.5, 0.6) is 0 Å². The molecule has 0 fully saturated rings. The molecule has 2 amide bonds. The molecule has 0 aromatic heterocycles. The van der Waals surface area contributed by atoms with Crippen molar-refractivity contribution >= 4 is 17.5 Å². The van der Waals surface area contributed by atoms with E-state index in [4.69, 9.17) is 5.26 Å². The summed E-state index contributed by atoms with van der Waals surface area (Å²) in [7, 11) is 0. The van der Waals surface area contributed by atoms with E-state index in [2.05, 4.69) is 10.6 Å². The van der Waals surface area contributed by atoms with E-state index in [1.165, 1.54) is 0 Å². The average Bonchev–Trinajstić information content (AvgIpc) is 2.54. The molecule has 23 heavy (non-hydrogen) atoms. The van der Waals surface area contributed by atoms with Gasteiger partial charge >= 0.3 is 0 Å². The number of hydrogen-bond acceptors (Lipinski definition) is 3. The number of nitrogens with one attached hydrogen (secondary N) is 2. The van der Waals surface area contributed by atoms with Crippen LogP contribution in [0.15, 0.2) is 48.5 Å². The van der Waals surface area contributed by atoms with E-state index in [0.717, 1.165) is 11.1 Å². The molecule has 0 saturated carbocycles. The van der Waals surface area contributed by atoms with Gasteiger partial charge in [0.2, 0.25) is 5.91 Å². The first-order valence-electron chi connectivity index (χ1n) is 7.20. The Kier molecular flexibility index (Phi) is 5.48.